The van der Waals surface area contributed by atoms with Crippen LogP contribution in [-0.2, 0) is 6.18 Å². The summed E-state index contributed by atoms with van der Waals surface area (Å²) in [5.41, 5.74) is 8.50. The molecule has 0 saturated heterocycles. The van der Waals surface area contributed by atoms with Gasteiger partial charge in [-0.3, -0.25) is 0 Å². The maximum Gasteiger partial charge on any atom is 0.415 e. The van der Waals surface area contributed by atoms with E-state index in [1.165, 1.54) is 12.1 Å². The van der Waals surface area contributed by atoms with Gasteiger partial charge in [-0.2, -0.15) is 34.2 Å². The minimum absolute atomic E-state index is 0.0278. The quantitative estimate of drug-likeness (QED) is 0.148. The molecule has 0 spiro atoms. The second-order valence-corrected chi connectivity index (χ2v) is 18.6. The molecule has 10 aromatic carbocycles. The first-order chi connectivity index (χ1) is 38.0. The molecule has 0 unspecified atom stereocenters. The summed E-state index contributed by atoms with van der Waals surface area (Å²) in [7, 11) is 0. The number of halogens is 3. The lowest BCUT2D eigenvalue weighted by Gasteiger charge is -2.23. The number of fused-ring (bicyclic) bond motifs is 6. The van der Waals surface area contributed by atoms with Crippen molar-refractivity contribution in [1.82, 2.24) is 9.13 Å². The van der Waals surface area contributed by atoms with Crippen LogP contribution in [0.1, 0.15) is 27.8 Å². The maximum atomic E-state index is 15.7. The van der Waals surface area contributed by atoms with Gasteiger partial charge in [-0.25, -0.2) is 9.69 Å². The smallest absolute Gasteiger partial charge is 0.319 e. The van der Waals surface area contributed by atoms with E-state index in [2.05, 4.69) is 34.0 Å². The zero-order chi connectivity index (χ0) is 53.8. The van der Waals surface area contributed by atoms with E-state index in [0.717, 1.165) is 39.1 Å². The van der Waals surface area contributed by atoms with Crippen molar-refractivity contribution in [2.24, 2.45) is 0 Å². The Kier molecular flexibility index (Phi) is 11.4. The molecular weight excluding hydrogens is 974 g/mol. The van der Waals surface area contributed by atoms with E-state index in [4.69, 9.17) is 6.57 Å². The molecule has 0 aliphatic rings. The van der Waals surface area contributed by atoms with E-state index in [9.17, 15) is 27.6 Å². The molecule has 12 aromatic rings. The van der Waals surface area contributed by atoms with Gasteiger partial charge in [-0.1, -0.05) is 121 Å². The van der Waals surface area contributed by atoms with Gasteiger partial charge in [0.15, 0.2) is 5.69 Å². The van der Waals surface area contributed by atoms with Crippen LogP contribution in [-0.4, -0.2) is 9.13 Å². The molecule has 78 heavy (non-hydrogen) atoms. The first-order valence-electron chi connectivity index (χ1n) is 24.3. The fourth-order valence-corrected chi connectivity index (χ4v) is 10.8. The van der Waals surface area contributed by atoms with Crippen molar-refractivity contribution >= 4 is 55.0 Å². The molecule has 0 N–H and O–H groups in total. The third kappa shape index (κ3) is 7.90. The van der Waals surface area contributed by atoms with Gasteiger partial charge in [0.25, 0.3) is 0 Å². The average Bonchev–Trinajstić information content (AvgIpc) is 4.21. The van der Waals surface area contributed by atoms with Gasteiger partial charge in [0.05, 0.1) is 98.7 Å². The standard InChI is InChI=1S/C67H33F3N8/c1-75-58-17-7-16-57(67(68,69)70)64(58)56-26-27-59(77-60-32-48(44-12-3-8-40(28-44)36-71)18-22-52(60)53-23-19-49(33-61(53)77)45-13-4-9-41(29-45)37-72)65(76-2)66(56)78-62-34-50(46-14-5-10-42(30-46)38-73)20-24-54(62)55-25-21-51(35-63(55)78)47-15-6-11-43(31-47)39-74/h3-35H. The van der Waals surface area contributed by atoms with Crippen LogP contribution in [0.4, 0.5) is 24.5 Å². The van der Waals surface area contributed by atoms with E-state index < -0.39 is 17.3 Å². The number of hydrogen-bond acceptors (Lipinski definition) is 4. The Balaban J connectivity index is 1.27. The SMILES string of the molecule is [C-]#[N+]c1cccc(C(F)(F)F)c1-c1ccc(-n2c3cc(-c4cccc(C#N)c4)ccc3c3ccc(-c4cccc(C#N)c4)cc32)c([N+]#[C-])c1-n1c2cc(-c3cccc(C#N)c3)ccc2c2ccc(-c3cccc(C#N)c3)cc21. The highest BCUT2D eigenvalue weighted by Crippen LogP contribution is 2.51. The number of benzene rings is 10. The van der Waals surface area contributed by atoms with E-state index >= 15 is 13.2 Å². The van der Waals surface area contributed by atoms with E-state index in [1.807, 2.05) is 106 Å². The molecule has 0 fully saturated rings. The second kappa shape index (κ2) is 18.8. The molecule has 0 aliphatic heterocycles. The Hall–Kier alpha value is -11.5. The third-order valence-electron chi connectivity index (χ3n) is 14.3. The van der Waals surface area contributed by atoms with Crippen molar-refractivity contribution in [2.75, 3.05) is 0 Å². The lowest BCUT2D eigenvalue weighted by atomic mass is 9.94. The van der Waals surface area contributed by atoms with E-state index in [0.29, 0.717) is 83.0 Å². The topological polar surface area (TPSA) is 114 Å². The molecule has 0 aliphatic carbocycles. The first-order valence-corrected chi connectivity index (χ1v) is 24.3. The van der Waals surface area contributed by atoms with Crippen molar-refractivity contribution in [1.29, 1.82) is 21.0 Å². The molecule has 0 saturated carbocycles. The molecule has 12 rings (SSSR count). The number of nitrogens with zero attached hydrogens (tertiary/aromatic N) is 8. The molecular formula is C67H33F3N8. The summed E-state index contributed by atoms with van der Waals surface area (Å²) in [5.74, 6) is 0. The van der Waals surface area contributed by atoms with Crippen molar-refractivity contribution < 1.29 is 13.2 Å². The van der Waals surface area contributed by atoms with Gasteiger partial charge in [0.2, 0.25) is 5.69 Å². The van der Waals surface area contributed by atoms with Gasteiger partial charge in [0.1, 0.15) is 0 Å². The lowest BCUT2D eigenvalue weighted by molar-refractivity contribution is -0.137. The van der Waals surface area contributed by atoms with Gasteiger partial charge in [-0.05, 0) is 129 Å². The Morgan fingerprint density at radius 1 is 0.385 bits per heavy atom. The summed E-state index contributed by atoms with van der Waals surface area (Å²) in [6, 6.07) is 67.5. The fraction of sp³-hybridized carbons (Fsp3) is 0.0149. The van der Waals surface area contributed by atoms with Crippen LogP contribution in [0.3, 0.4) is 0 Å². The monoisotopic (exact) mass is 1010 g/mol. The Bertz CT molecular complexity index is 4590. The van der Waals surface area contributed by atoms with Crippen LogP contribution >= 0.6 is 0 Å². The molecule has 0 atom stereocenters. The normalized spacial score (nSPS) is 11.2. The van der Waals surface area contributed by atoms with Crippen LogP contribution in [0.5, 0.6) is 0 Å². The van der Waals surface area contributed by atoms with Crippen LogP contribution in [0, 0.1) is 58.5 Å². The number of alkyl halides is 3. The molecule has 11 heteroatoms. The minimum Gasteiger partial charge on any atom is -0.319 e. The van der Waals surface area contributed by atoms with E-state index in [-0.39, 0.29) is 22.6 Å². The first kappa shape index (κ1) is 47.5. The summed E-state index contributed by atoms with van der Waals surface area (Å²) in [4.78, 5) is 8.05. The Morgan fingerprint density at radius 3 is 1.09 bits per heavy atom. The van der Waals surface area contributed by atoms with Crippen LogP contribution < -0.4 is 0 Å². The summed E-state index contributed by atoms with van der Waals surface area (Å²) in [6.07, 6.45) is -4.94. The largest absolute Gasteiger partial charge is 0.415 e. The number of hydrogen-bond donors (Lipinski definition) is 0. The molecule has 2 heterocycles. The number of aromatic nitrogens is 2. The highest BCUT2D eigenvalue weighted by Gasteiger charge is 2.36. The van der Waals surface area contributed by atoms with Gasteiger partial charge in [-0.15, -0.1) is 0 Å². The second-order valence-electron chi connectivity index (χ2n) is 18.6. The maximum absolute atomic E-state index is 15.7. The molecule has 8 nitrogen and oxygen atoms in total. The Labute approximate surface area is 444 Å². The van der Waals surface area contributed by atoms with Gasteiger partial charge in [0, 0.05) is 27.1 Å². The van der Waals surface area contributed by atoms with Crippen molar-refractivity contribution in [3.05, 3.63) is 251 Å². The fourth-order valence-electron chi connectivity index (χ4n) is 10.8. The highest BCUT2D eigenvalue weighted by molar-refractivity contribution is 6.15. The van der Waals surface area contributed by atoms with E-state index in [1.54, 1.807) is 84.9 Å². The lowest BCUT2D eigenvalue weighted by Crippen LogP contribution is -2.09. The Morgan fingerprint density at radius 2 is 0.744 bits per heavy atom. The molecule has 0 bridgehead atoms. The van der Waals surface area contributed by atoms with Crippen molar-refractivity contribution in [2.45, 2.75) is 6.18 Å². The van der Waals surface area contributed by atoms with Crippen molar-refractivity contribution in [3.63, 3.8) is 0 Å². The summed E-state index contributed by atoms with van der Waals surface area (Å²) >= 11 is 0. The van der Waals surface area contributed by atoms with Crippen LogP contribution in [0.15, 0.2) is 200 Å². The predicted molar refractivity (Wildman–Crippen MR) is 299 cm³/mol. The predicted octanol–water partition coefficient (Wildman–Crippen LogP) is 17.8. The zero-order valence-electron chi connectivity index (χ0n) is 40.8. The molecule has 0 radical (unpaired) electrons. The highest BCUT2D eigenvalue weighted by atomic mass is 19.4. The summed E-state index contributed by atoms with van der Waals surface area (Å²) < 4.78 is 50.8. The number of rotatable bonds is 7. The van der Waals surface area contributed by atoms with Crippen LogP contribution in [0.2, 0.25) is 0 Å². The number of nitriles is 4. The molecule has 2 aromatic heterocycles. The van der Waals surface area contributed by atoms with Gasteiger partial charge < -0.3 is 9.13 Å². The molecule has 362 valence electrons. The minimum atomic E-state index is -4.94. The molecule has 0 amide bonds. The third-order valence-corrected chi connectivity index (χ3v) is 14.3. The summed E-state index contributed by atoms with van der Waals surface area (Å²) in [6.45, 7) is 17.7. The van der Waals surface area contributed by atoms with Crippen molar-refractivity contribution in [3.8, 4) is 91.3 Å². The zero-order valence-corrected chi connectivity index (χ0v) is 40.8. The summed E-state index contributed by atoms with van der Waals surface area (Å²) in [5, 5.41) is 42.7. The van der Waals surface area contributed by atoms with Crippen LogP contribution in [0.25, 0.3) is 120 Å². The average molecular weight is 1010 g/mol. The van der Waals surface area contributed by atoms with Gasteiger partial charge >= 0.3 is 6.18 Å².